The number of nitrogens with one attached hydrogen (secondary N) is 1. The number of aliphatic hydroxyl groups excluding tert-OH is 1. The first-order valence-corrected chi connectivity index (χ1v) is 6.50. The number of amides is 1. The van der Waals surface area contributed by atoms with Gasteiger partial charge in [0.25, 0.3) is 5.91 Å². The van der Waals surface area contributed by atoms with Gasteiger partial charge in [0.15, 0.2) is 0 Å². The Bertz CT molecular complexity index is 343. The van der Waals surface area contributed by atoms with Crippen LogP contribution in [0.25, 0.3) is 0 Å². The molecule has 0 aliphatic carbocycles. The van der Waals surface area contributed by atoms with E-state index in [9.17, 15) is 4.79 Å². The van der Waals surface area contributed by atoms with Crippen LogP contribution in [0.15, 0.2) is 6.07 Å². The van der Waals surface area contributed by atoms with Crippen molar-refractivity contribution in [3.05, 3.63) is 21.4 Å². The van der Waals surface area contributed by atoms with Crippen LogP contribution >= 0.6 is 11.3 Å². The minimum atomic E-state index is -0.0200. The molecule has 0 saturated carbocycles. The molecule has 0 radical (unpaired) electrons. The maximum Gasteiger partial charge on any atom is 0.261 e. The zero-order chi connectivity index (χ0) is 12.7. The van der Waals surface area contributed by atoms with E-state index in [1.807, 2.05) is 19.9 Å². The molecule has 1 amide bonds. The van der Waals surface area contributed by atoms with Gasteiger partial charge in [-0.05, 0) is 31.9 Å². The number of carbonyl (C=O) groups is 1. The van der Waals surface area contributed by atoms with Crippen molar-refractivity contribution in [3.8, 4) is 0 Å². The quantitative estimate of drug-likeness (QED) is 0.728. The molecule has 0 unspecified atom stereocenters. The van der Waals surface area contributed by atoms with Gasteiger partial charge in [0.1, 0.15) is 0 Å². The Labute approximate surface area is 106 Å². The molecular weight excluding hydrogens is 238 g/mol. The second-order valence-corrected chi connectivity index (χ2v) is 5.05. The first kappa shape index (κ1) is 14.2. The lowest BCUT2D eigenvalue weighted by Gasteiger charge is -2.04. The van der Waals surface area contributed by atoms with Crippen molar-refractivity contribution in [2.75, 3.05) is 26.4 Å². The molecule has 17 heavy (non-hydrogen) atoms. The summed E-state index contributed by atoms with van der Waals surface area (Å²) in [5.74, 6) is -0.0200. The number of aliphatic hydroxyl groups is 1. The molecule has 0 aliphatic heterocycles. The highest BCUT2D eigenvalue weighted by molar-refractivity contribution is 7.14. The van der Waals surface area contributed by atoms with Crippen molar-refractivity contribution in [2.45, 2.75) is 20.3 Å². The summed E-state index contributed by atoms with van der Waals surface area (Å²) in [6.45, 7) is 5.58. The van der Waals surface area contributed by atoms with Gasteiger partial charge >= 0.3 is 0 Å². The molecule has 0 aliphatic rings. The largest absolute Gasteiger partial charge is 0.394 e. The van der Waals surface area contributed by atoms with Gasteiger partial charge in [0, 0.05) is 18.0 Å². The smallest absolute Gasteiger partial charge is 0.261 e. The Morgan fingerprint density at radius 2 is 2.24 bits per heavy atom. The third kappa shape index (κ3) is 4.85. The molecule has 96 valence electrons. The minimum Gasteiger partial charge on any atom is -0.394 e. The van der Waals surface area contributed by atoms with Crippen molar-refractivity contribution < 1.29 is 14.6 Å². The van der Waals surface area contributed by atoms with E-state index in [2.05, 4.69) is 5.32 Å². The Morgan fingerprint density at radius 3 is 2.82 bits per heavy atom. The predicted molar refractivity (Wildman–Crippen MR) is 68.6 cm³/mol. The zero-order valence-corrected chi connectivity index (χ0v) is 11.1. The molecule has 0 aromatic carbocycles. The summed E-state index contributed by atoms with van der Waals surface area (Å²) in [6.07, 6.45) is 0.759. The van der Waals surface area contributed by atoms with E-state index in [4.69, 9.17) is 9.84 Å². The van der Waals surface area contributed by atoms with Crippen molar-refractivity contribution in [1.82, 2.24) is 5.32 Å². The van der Waals surface area contributed by atoms with Gasteiger partial charge in [-0.15, -0.1) is 11.3 Å². The normalized spacial score (nSPS) is 10.5. The zero-order valence-electron chi connectivity index (χ0n) is 10.3. The number of rotatable bonds is 7. The fraction of sp³-hybridized carbons (Fsp3) is 0.583. The van der Waals surface area contributed by atoms with E-state index in [1.54, 1.807) is 0 Å². The van der Waals surface area contributed by atoms with E-state index in [-0.39, 0.29) is 12.5 Å². The summed E-state index contributed by atoms with van der Waals surface area (Å²) in [7, 11) is 0. The van der Waals surface area contributed by atoms with Crippen molar-refractivity contribution >= 4 is 17.2 Å². The SMILES string of the molecule is Cc1cc(C(=O)NCCCOCCO)sc1C. The molecule has 0 spiro atoms. The first-order valence-electron chi connectivity index (χ1n) is 5.69. The lowest BCUT2D eigenvalue weighted by molar-refractivity contribution is 0.0869. The molecule has 4 nitrogen and oxygen atoms in total. The molecule has 5 heteroatoms. The van der Waals surface area contributed by atoms with Gasteiger partial charge in [-0.1, -0.05) is 0 Å². The highest BCUT2D eigenvalue weighted by atomic mass is 32.1. The maximum absolute atomic E-state index is 11.7. The van der Waals surface area contributed by atoms with Crippen LogP contribution < -0.4 is 5.32 Å². The van der Waals surface area contributed by atoms with Crippen LogP contribution in [-0.4, -0.2) is 37.4 Å². The molecule has 1 aromatic rings. The van der Waals surface area contributed by atoms with Crippen LogP contribution in [0.2, 0.25) is 0 Å². The van der Waals surface area contributed by atoms with E-state index in [0.717, 1.165) is 16.9 Å². The van der Waals surface area contributed by atoms with E-state index >= 15 is 0 Å². The maximum atomic E-state index is 11.7. The number of aryl methyl sites for hydroxylation is 2. The molecule has 1 rings (SSSR count). The minimum absolute atomic E-state index is 0.0200. The molecular formula is C12H19NO3S. The average Bonchev–Trinajstić information content (AvgIpc) is 2.64. The molecule has 2 N–H and O–H groups in total. The van der Waals surface area contributed by atoms with Gasteiger partial charge in [0.05, 0.1) is 18.1 Å². The fourth-order valence-electron chi connectivity index (χ4n) is 1.31. The van der Waals surface area contributed by atoms with Crippen molar-refractivity contribution in [3.63, 3.8) is 0 Å². The molecule has 1 aromatic heterocycles. The number of ether oxygens (including phenoxy) is 1. The van der Waals surface area contributed by atoms with Gasteiger partial charge in [-0.3, -0.25) is 4.79 Å². The van der Waals surface area contributed by atoms with Crippen LogP contribution in [0.3, 0.4) is 0 Å². The van der Waals surface area contributed by atoms with Crippen LogP contribution in [0.5, 0.6) is 0 Å². The van der Waals surface area contributed by atoms with Crippen LogP contribution in [0, 0.1) is 13.8 Å². The average molecular weight is 257 g/mol. The van der Waals surface area contributed by atoms with Gasteiger partial charge in [-0.2, -0.15) is 0 Å². The first-order chi connectivity index (χ1) is 8.15. The molecule has 0 bridgehead atoms. The summed E-state index contributed by atoms with van der Waals surface area (Å²) in [5, 5.41) is 11.3. The van der Waals surface area contributed by atoms with E-state index in [1.165, 1.54) is 16.2 Å². The van der Waals surface area contributed by atoms with Crippen LogP contribution in [-0.2, 0) is 4.74 Å². The van der Waals surface area contributed by atoms with Crippen LogP contribution in [0.1, 0.15) is 26.5 Å². The summed E-state index contributed by atoms with van der Waals surface area (Å²) in [6, 6.07) is 1.91. The Kier molecular flexibility index (Phi) is 6.18. The molecule has 0 atom stereocenters. The highest BCUT2D eigenvalue weighted by Crippen LogP contribution is 2.20. The molecule has 0 saturated heterocycles. The molecule has 0 fully saturated rings. The van der Waals surface area contributed by atoms with Crippen LogP contribution in [0.4, 0.5) is 0 Å². The monoisotopic (exact) mass is 257 g/mol. The topological polar surface area (TPSA) is 58.6 Å². The van der Waals surface area contributed by atoms with Crippen molar-refractivity contribution in [2.24, 2.45) is 0 Å². The molecule has 1 heterocycles. The lowest BCUT2D eigenvalue weighted by atomic mass is 10.3. The summed E-state index contributed by atoms with van der Waals surface area (Å²) < 4.78 is 5.09. The third-order valence-corrected chi connectivity index (χ3v) is 3.53. The van der Waals surface area contributed by atoms with Gasteiger partial charge in [0.2, 0.25) is 0 Å². The predicted octanol–water partition coefficient (Wildman–Crippen LogP) is 1.49. The summed E-state index contributed by atoms with van der Waals surface area (Å²) in [4.78, 5) is 13.7. The van der Waals surface area contributed by atoms with Gasteiger partial charge in [-0.25, -0.2) is 0 Å². The summed E-state index contributed by atoms with van der Waals surface area (Å²) in [5.41, 5.74) is 1.16. The van der Waals surface area contributed by atoms with Gasteiger partial charge < -0.3 is 15.2 Å². The Hall–Kier alpha value is -0.910. The highest BCUT2D eigenvalue weighted by Gasteiger charge is 2.09. The number of carbonyl (C=O) groups excluding carboxylic acids is 1. The summed E-state index contributed by atoms with van der Waals surface area (Å²) >= 11 is 1.52. The lowest BCUT2D eigenvalue weighted by Crippen LogP contribution is -2.24. The number of thiophene rings is 1. The second kappa shape index (κ2) is 7.42. The number of hydrogen-bond acceptors (Lipinski definition) is 4. The second-order valence-electron chi connectivity index (χ2n) is 3.80. The number of hydrogen-bond donors (Lipinski definition) is 2. The fourth-order valence-corrected chi connectivity index (χ4v) is 2.27. The third-order valence-electron chi connectivity index (χ3n) is 2.38. The van der Waals surface area contributed by atoms with E-state index in [0.29, 0.717) is 19.8 Å². The Morgan fingerprint density at radius 1 is 1.47 bits per heavy atom. The van der Waals surface area contributed by atoms with E-state index < -0.39 is 0 Å². The van der Waals surface area contributed by atoms with Crippen molar-refractivity contribution in [1.29, 1.82) is 0 Å². The Balaban J connectivity index is 2.21. The standard InChI is InChI=1S/C12H19NO3S/c1-9-8-11(17-10(9)2)12(15)13-4-3-6-16-7-5-14/h8,14H,3-7H2,1-2H3,(H,13,15).